The molecule has 1 aliphatic heterocycles. The van der Waals surface area contributed by atoms with Crippen molar-refractivity contribution < 1.29 is 14.1 Å². The van der Waals surface area contributed by atoms with E-state index >= 15 is 0 Å². The fraction of sp³-hybridized carbons (Fsp3) is 0.500. The maximum Gasteiger partial charge on any atom is 0.409 e. The smallest absolute Gasteiger partial charge is 0.409 e. The number of benzene rings is 1. The van der Waals surface area contributed by atoms with Crippen LogP contribution in [0.15, 0.2) is 34.9 Å². The molecule has 3 rings (SSSR count). The Bertz CT molecular complexity index is 666. The minimum Gasteiger partial charge on any atom is -0.450 e. The molecule has 1 saturated heterocycles. The Morgan fingerprint density at radius 3 is 2.68 bits per heavy atom. The quantitative estimate of drug-likeness (QED) is 0.801. The first kappa shape index (κ1) is 17.4. The molecule has 7 nitrogen and oxygen atoms in total. The number of piperazine rings is 1. The van der Waals surface area contributed by atoms with E-state index < -0.39 is 0 Å². The van der Waals surface area contributed by atoms with Crippen molar-refractivity contribution >= 4 is 6.09 Å². The molecule has 1 aliphatic rings. The molecule has 0 unspecified atom stereocenters. The van der Waals surface area contributed by atoms with Gasteiger partial charge in [-0.2, -0.15) is 4.98 Å². The molecule has 0 spiro atoms. The molecular weight excluding hydrogens is 320 g/mol. The highest BCUT2D eigenvalue weighted by molar-refractivity contribution is 5.67. The van der Waals surface area contributed by atoms with Crippen LogP contribution in [-0.4, -0.2) is 65.4 Å². The molecule has 1 aromatic heterocycles. The standard InChI is InChI=1S/C18H24N4O3/c1-2-24-18(23)22-13-11-21(12-14-22)10-6-9-16-19-17(20-25-16)15-7-4-3-5-8-15/h3-5,7-8H,2,6,9-14H2,1H3. The normalized spacial score (nSPS) is 15.3. The predicted molar refractivity (Wildman–Crippen MR) is 93.1 cm³/mol. The lowest BCUT2D eigenvalue weighted by Crippen LogP contribution is -2.49. The number of rotatable bonds is 6. The van der Waals surface area contributed by atoms with E-state index in [9.17, 15) is 4.79 Å². The lowest BCUT2D eigenvalue weighted by Gasteiger charge is -2.33. The summed E-state index contributed by atoms with van der Waals surface area (Å²) in [4.78, 5) is 20.3. The minimum absolute atomic E-state index is 0.207. The van der Waals surface area contributed by atoms with Crippen LogP contribution in [0, 0.1) is 0 Å². The monoisotopic (exact) mass is 344 g/mol. The van der Waals surface area contributed by atoms with Gasteiger partial charge in [0.15, 0.2) is 0 Å². The number of amides is 1. The fourth-order valence-electron chi connectivity index (χ4n) is 2.88. The average molecular weight is 344 g/mol. The zero-order valence-electron chi connectivity index (χ0n) is 14.6. The summed E-state index contributed by atoms with van der Waals surface area (Å²) in [6, 6.07) is 9.82. The third-order valence-electron chi connectivity index (χ3n) is 4.26. The second-order valence-electron chi connectivity index (χ2n) is 6.01. The summed E-state index contributed by atoms with van der Waals surface area (Å²) < 4.78 is 10.4. The first-order valence-electron chi connectivity index (χ1n) is 8.78. The summed E-state index contributed by atoms with van der Waals surface area (Å²) in [5.41, 5.74) is 0.965. The van der Waals surface area contributed by atoms with Gasteiger partial charge < -0.3 is 14.2 Å². The van der Waals surface area contributed by atoms with Gasteiger partial charge in [-0.1, -0.05) is 35.5 Å². The van der Waals surface area contributed by atoms with E-state index in [1.165, 1.54) is 0 Å². The molecule has 0 atom stereocenters. The molecule has 25 heavy (non-hydrogen) atoms. The second kappa shape index (κ2) is 8.62. The molecule has 1 fully saturated rings. The van der Waals surface area contributed by atoms with Crippen molar-refractivity contribution in [2.75, 3.05) is 39.3 Å². The SMILES string of the molecule is CCOC(=O)N1CCN(CCCc2nc(-c3ccccc3)no2)CC1. The first-order chi connectivity index (χ1) is 12.3. The van der Waals surface area contributed by atoms with Crippen molar-refractivity contribution in [3.8, 4) is 11.4 Å². The maximum absolute atomic E-state index is 11.7. The second-order valence-corrected chi connectivity index (χ2v) is 6.01. The van der Waals surface area contributed by atoms with Crippen LogP contribution in [-0.2, 0) is 11.2 Å². The van der Waals surface area contributed by atoms with Crippen LogP contribution in [0.3, 0.4) is 0 Å². The fourth-order valence-corrected chi connectivity index (χ4v) is 2.88. The van der Waals surface area contributed by atoms with Crippen LogP contribution >= 0.6 is 0 Å². The Labute approximate surface area is 147 Å². The topological polar surface area (TPSA) is 71.7 Å². The molecule has 0 bridgehead atoms. The third kappa shape index (κ3) is 4.79. The minimum atomic E-state index is -0.207. The van der Waals surface area contributed by atoms with Gasteiger partial charge >= 0.3 is 6.09 Å². The largest absolute Gasteiger partial charge is 0.450 e. The van der Waals surface area contributed by atoms with Crippen LogP contribution < -0.4 is 0 Å². The zero-order valence-corrected chi connectivity index (χ0v) is 14.6. The number of hydrogen-bond donors (Lipinski definition) is 0. The molecule has 0 N–H and O–H groups in total. The highest BCUT2D eigenvalue weighted by atomic mass is 16.6. The van der Waals surface area contributed by atoms with Gasteiger partial charge in [0.25, 0.3) is 0 Å². The Balaban J connectivity index is 1.39. The van der Waals surface area contributed by atoms with Crippen molar-refractivity contribution in [2.24, 2.45) is 0 Å². The Morgan fingerprint density at radius 1 is 1.20 bits per heavy atom. The van der Waals surface area contributed by atoms with Crippen molar-refractivity contribution in [1.82, 2.24) is 19.9 Å². The molecule has 7 heteroatoms. The Hall–Kier alpha value is -2.41. The van der Waals surface area contributed by atoms with Gasteiger partial charge in [0, 0.05) is 38.2 Å². The molecule has 1 aromatic carbocycles. The van der Waals surface area contributed by atoms with Crippen molar-refractivity contribution in [2.45, 2.75) is 19.8 Å². The molecular formula is C18H24N4O3. The molecule has 134 valence electrons. The number of carbonyl (C=O) groups excluding carboxylic acids is 1. The van der Waals surface area contributed by atoms with Gasteiger partial charge in [-0.05, 0) is 19.9 Å². The summed E-state index contributed by atoms with van der Waals surface area (Å²) >= 11 is 0. The lowest BCUT2D eigenvalue weighted by atomic mass is 10.2. The maximum atomic E-state index is 11.7. The van der Waals surface area contributed by atoms with Gasteiger partial charge in [0.05, 0.1) is 6.61 Å². The van der Waals surface area contributed by atoms with E-state index in [0.717, 1.165) is 51.1 Å². The van der Waals surface area contributed by atoms with Crippen molar-refractivity contribution in [3.05, 3.63) is 36.2 Å². The number of aryl methyl sites for hydroxylation is 1. The van der Waals surface area contributed by atoms with Crippen molar-refractivity contribution in [1.29, 1.82) is 0 Å². The van der Waals surface area contributed by atoms with Gasteiger partial charge in [-0.15, -0.1) is 0 Å². The highest BCUT2D eigenvalue weighted by Crippen LogP contribution is 2.15. The number of aromatic nitrogens is 2. The number of carbonyl (C=O) groups is 1. The number of ether oxygens (including phenoxy) is 1. The van der Waals surface area contributed by atoms with Crippen LogP contribution in [0.1, 0.15) is 19.2 Å². The van der Waals surface area contributed by atoms with Crippen molar-refractivity contribution in [3.63, 3.8) is 0 Å². The number of hydrogen-bond acceptors (Lipinski definition) is 6. The summed E-state index contributed by atoms with van der Waals surface area (Å²) in [6.07, 6.45) is 1.51. The van der Waals surface area contributed by atoms with Crippen LogP contribution in [0.2, 0.25) is 0 Å². The summed E-state index contributed by atoms with van der Waals surface area (Å²) in [6.45, 7) is 6.40. The summed E-state index contributed by atoms with van der Waals surface area (Å²) in [5.74, 6) is 1.31. The van der Waals surface area contributed by atoms with Crippen LogP contribution in [0.25, 0.3) is 11.4 Å². The predicted octanol–water partition coefficient (Wildman–Crippen LogP) is 2.44. The Morgan fingerprint density at radius 2 is 1.96 bits per heavy atom. The van der Waals surface area contributed by atoms with Gasteiger partial charge in [-0.25, -0.2) is 4.79 Å². The molecule has 2 heterocycles. The first-order valence-corrected chi connectivity index (χ1v) is 8.78. The molecule has 0 aliphatic carbocycles. The van der Waals surface area contributed by atoms with E-state index in [1.807, 2.05) is 37.3 Å². The van der Waals surface area contributed by atoms with E-state index in [2.05, 4.69) is 15.0 Å². The number of nitrogens with zero attached hydrogens (tertiary/aromatic N) is 4. The summed E-state index contributed by atoms with van der Waals surface area (Å²) in [7, 11) is 0. The van der Waals surface area contributed by atoms with Gasteiger partial charge in [-0.3, -0.25) is 4.90 Å². The lowest BCUT2D eigenvalue weighted by molar-refractivity contribution is 0.0793. The van der Waals surface area contributed by atoms with Gasteiger partial charge in [0.2, 0.25) is 11.7 Å². The Kier molecular flexibility index (Phi) is 6.00. The molecule has 1 amide bonds. The van der Waals surface area contributed by atoms with Gasteiger partial charge in [0.1, 0.15) is 0 Å². The van der Waals surface area contributed by atoms with E-state index in [0.29, 0.717) is 18.3 Å². The summed E-state index contributed by atoms with van der Waals surface area (Å²) in [5, 5.41) is 4.04. The third-order valence-corrected chi connectivity index (χ3v) is 4.26. The van der Waals surface area contributed by atoms with Crippen LogP contribution in [0.4, 0.5) is 4.79 Å². The van der Waals surface area contributed by atoms with Crippen LogP contribution in [0.5, 0.6) is 0 Å². The van der Waals surface area contributed by atoms with E-state index in [4.69, 9.17) is 9.26 Å². The highest BCUT2D eigenvalue weighted by Gasteiger charge is 2.21. The molecule has 2 aromatic rings. The van der Waals surface area contributed by atoms with E-state index in [-0.39, 0.29) is 6.09 Å². The average Bonchev–Trinajstić information content (AvgIpc) is 3.12. The molecule has 0 saturated carbocycles. The zero-order chi connectivity index (χ0) is 17.5. The van der Waals surface area contributed by atoms with E-state index in [1.54, 1.807) is 4.90 Å². The molecule has 0 radical (unpaired) electrons.